The van der Waals surface area contributed by atoms with Crippen LogP contribution in [-0.2, 0) is 9.59 Å². The first kappa shape index (κ1) is 18.2. The maximum absolute atomic E-state index is 13.0. The van der Waals surface area contributed by atoms with E-state index in [-0.39, 0.29) is 18.2 Å². The van der Waals surface area contributed by atoms with Gasteiger partial charge in [0.2, 0.25) is 5.91 Å². The van der Waals surface area contributed by atoms with Gasteiger partial charge in [-0.25, -0.2) is 4.90 Å². The normalized spacial score (nSPS) is 17.2. The van der Waals surface area contributed by atoms with Gasteiger partial charge in [-0.15, -0.1) is 0 Å². The van der Waals surface area contributed by atoms with E-state index in [0.717, 1.165) is 39.2 Å². The van der Waals surface area contributed by atoms with Crippen molar-refractivity contribution in [2.45, 2.75) is 54.0 Å². The van der Waals surface area contributed by atoms with Crippen LogP contribution < -0.4 is 10.2 Å². The largest absolute Gasteiger partial charge is 0.373 e. The minimum atomic E-state index is -0.525. The molecule has 2 amide bonds. The minimum Gasteiger partial charge on any atom is -0.373 e. The monoisotopic (exact) mass is 350 g/mol. The Labute approximate surface area is 155 Å². The van der Waals surface area contributed by atoms with E-state index in [0.29, 0.717) is 0 Å². The Balaban J connectivity index is 1.94. The van der Waals surface area contributed by atoms with E-state index in [1.807, 2.05) is 46.8 Å². The molecule has 1 fully saturated rings. The zero-order valence-electron chi connectivity index (χ0n) is 16.4. The molecule has 136 valence electrons. The molecule has 1 N–H and O–H groups in total. The third-order valence-corrected chi connectivity index (χ3v) is 5.00. The molecule has 4 nitrogen and oxygen atoms in total. The molecule has 0 unspecified atom stereocenters. The first-order valence-electron chi connectivity index (χ1n) is 8.98. The fourth-order valence-corrected chi connectivity index (χ4v) is 4.09. The van der Waals surface area contributed by atoms with Crippen LogP contribution in [0.5, 0.6) is 0 Å². The quantitative estimate of drug-likeness (QED) is 0.841. The average Bonchev–Trinajstić information content (AvgIpc) is 2.77. The standard InChI is InChI=1S/C22H26N2O2/c1-12-7-14(3)20(15(4)8-12)23-18-11-19(25)24(22(18)26)21-16(5)9-13(2)10-17(21)6/h7-10,18,23H,11H2,1-6H3/t18-/m0/s1. The van der Waals surface area contributed by atoms with Gasteiger partial charge in [0.25, 0.3) is 5.91 Å². The van der Waals surface area contributed by atoms with E-state index in [2.05, 4.69) is 24.4 Å². The van der Waals surface area contributed by atoms with E-state index in [4.69, 9.17) is 0 Å². The molecule has 0 bridgehead atoms. The summed E-state index contributed by atoms with van der Waals surface area (Å²) in [6.45, 7) is 12.0. The number of rotatable bonds is 3. The lowest BCUT2D eigenvalue weighted by molar-refractivity contribution is -0.121. The molecule has 3 rings (SSSR count). The van der Waals surface area contributed by atoms with Gasteiger partial charge in [-0.05, 0) is 63.8 Å². The summed E-state index contributed by atoms with van der Waals surface area (Å²) in [7, 11) is 0. The molecule has 0 aromatic heterocycles. The van der Waals surface area contributed by atoms with Gasteiger partial charge < -0.3 is 5.32 Å². The SMILES string of the molecule is Cc1cc(C)c(N[C@H]2CC(=O)N(c3c(C)cc(C)cc3C)C2=O)c(C)c1. The molecular weight excluding hydrogens is 324 g/mol. The van der Waals surface area contributed by atoms with Crippen molar-refractivity contribution in [3.63, 3.8) is 0 Å². The minimum absolute atomic E-state index is 0.148. The van der Waals surface area contributed by atoms with Crippen molar-refractivity contribution < 1.29 is 9.59 Å². The number of nitrogens with one attached hydrogen (secondary N) is 1. The second-order valence-electron chi connectivity index (χ2n) is 7.49. The Morgan fingerprint density at radius 2 is 1.27 bits per heavy atom. The highest BCUT2D eigenvalue weighted by Gasteiger charge is 2.41. The maximum atomic E-state index is 13.0. The molecule has 26 heavy (non-hydrogen) atoms. The van der Waals surface area contributed by atoms with E-state index >= 15 is 0 Å². The zero-order valence-corrected chi connectivity index (χ0v) is 16.4. The lowest BCUT2D eigenvalue weighted by atomic mass is 10.0. The Morgan fingerprint density at radius 1 is 0.808 bits per heavy atom. The number of hydrogen-bond donors (Lipinski definition) is 1. The molecule has 2 aromatic rings. The van der Waals surface area contributed by atoms with E-state index in [1.165, 1.54) is 10.5 Å². The Morgan fingerprint density at radius 3 is 1.77 bits per heavy atom. The fraction of sp³-hybridized carbons (Fsp3) is 0.364. The summed E-state index contributed by atoms with van der Waals surface area (Å²) in [5.41, 5.74) is 8.07. The summed E-state index contributed by atoms with van der Waals surface area (Å²) in [5, 5.41) is 3.32. The van der Waals surface area contributed by atoms with Crippen molar-refractivity contribution in [2.24, 2.45) is 0 Å². The van der Waals surface area contributed by atoms with Gasteiger partial charge >= 0.3 is 0 Å². The number of anilines is 2. The molecule has 0 spiro atoms. The Bertz CT molecular complexity index is 868. The van der Waals surface area contributed by atoms with Crippen molar-refractivity contribution in [1.29, 1.82) is 0 Å². The number of carbonyl (C=O) groups is 2. The molecule has 4 heteroatoms. The van der Waals surface area contributed by atoms with Crippen LogP contribution in [0.2, 0.25) is 0 Å². The first-order chi connectivity index (χ1) is 12.2. The summed E-state index contributed by atoms with van der Waals surface area (Å²) in [4.78, 5) is 27.1. The molecule has 0 saturated carbocycles. The van der Waals surface area contributed by atoms with Crippen LogP contribution in [0.1, 0.15) is 39.8 Å². The number of hydrogen-bond acceptors (Lipinski definition) is 3. The Hall–Kier alpha value is -2.62. The van der Waals surface area contributed by atoms with Gasteiger partial charge in [0.05, 0.1) is 12.1 Å². The first-order valence-corrected chi connectivity index (χ1v) is 8.98. The van der Waals surface area contributed by atoms with Crippen molar-refractivity contribution in [2.75, 3.05) is 10.2 Å². The van der Waals surface area contributed by atoms with E-state index < -0.39 is 6.04 Å². The highest BCUT2D eigenvalue weighted by Crippen LogP contribution is 2.32. The van der Waals surface area contributed by atoms with Crippen LogP contribution in [0.15, 0.2) is 24.3 Å². The van der Waals surface area contributed by atoms with Gasteiger partial charge in [-0.3, -0.25) is 9.59 Å². The molecule has 1 saturated heterocycles. The third kappa shape index (κ3) is 3.12. The number of imide groups is 1. The van der Waals surface area contributed by atoms with Crippen LogP contribution in [-0.4, -0.2) is 17.9 Å². The number of amides is 2. The predicted molar refractivity (Wildman–Crippen MR) is 106 cm³/mol. The van der Waals surface area contributed by atoms with Crippen LogP contribution in [0.25, 0.3) is 0 Å². The van der Waals surface area contributed by atoms with Crippen molar-refractivity contribution in [1.82, 2.24) is 0 Å². The zero-order chi connectivity index (χ0) is 19.2. The van der Waals surface area contributed by atoms with Crippen molar-refractivity contribution in [3.8, 4) is 0 Å². The number of carbonyl (C=O) groups excluding carboxylic acids is 2. The average molecular weight is 350 g/mol. The lowest BCUT2D eigenvalue weighted by Crippen LogP contribution is -2.36. The van der Waals surface area contributed by atoms with Crippen LogP contribution in [0.3, 0.4) is 0 Å². The molecular formula is C22H26N2O2. The van der Waals surface area contributed by atoms with Crippen LogP contribution in [0.4, 0.5) is 11.4 Å². The van der Waals surface area contributed by atoms with E-state index in [1.54, 1.807) is 0 Å². The topological polar surface area (TPSA) is 49.4 Å². The summed E-state index contributed by atoms with van der Waals surface area (Å²) >= 11 is 0. The van der Waals surface area contributed by atoms with Crippen molar-refractivity contribution >= 4 is 23.2 Å². The number of aryl methyl sites for hydroxylation is 6. The predicted octanol–water partition coefficient (Wildman–Crippen LogP) is 4.28. The van der Waals surface area contributed by atoms with Crippen LogP contribution >= 0.6 is 0 Å². The third-order valence-electron chi connectivity index (χ3n) is 5.00. The second kappa shape index (κ2) is 6.60. The molecule has 1 aliphatic rings. The summed E-state index contributed by atoms with van der Waals surface area (Å²) < 4.78 is 0. The molecule has 1 atom stereocenters. The highest BCUT2D eigenvalue weighted by atomic mass is 16.2. The second-order valence-corrected chi connectivity index (χ2v) is 7.49. The molecule has 1 aliphatic heterocycles. The lowest BCUT2D eigenvalue weighted by Gasteiger charge is -2.22. The van der Waals surface area contributed by atoms with Gasteiger partial charge in [0.1, 0.15) is 6.04 Å². The van der Waals surface area contributed by atoms with Gasteiger partial charge in [0, 0.05) is 5.69 Å². The van der Waals surface area contributed by atoms with Gasteiger partial charge in [0.15, 0.2) is 0 Å². The van der Waals surface area contributed by atoms with Crippen LogP contribution in [0, 0.1) is 41.5 Å². The van der Waals surface area contributed by atoms with Crippen molar-refractivity contribution in [3.05, 3.63) is 57.6 Å². The Kier molecular flexibility index (Phi) is 4.61. The number of benzene rings is 2. The molecule has 2 aromatic carbocycles. The highest BCUT2D eigenvalue weighted by molar-refractivity contribution is 6.23. The van der Waals surface area contributed by atoms with E-state index in [9.17, 15) is 9.59 Å². The summed E-state index contributed by atoms with van der Waals surface area (Å²) in [6, 6.07) is 7.67. The molecule has 1 heterocycles. The maximum Gasteiger partial charge on any atom is 0.256 e. The van der Waals surface area contributed by atoms with Gasteiger partial charge in [-0.1, -0.05) is 35.4 Å². The fourth-order valence-electron chi connectivity index (χ4n) is 4.09. The number of nitrogens with zero attached hydrogens (tertiary/aromatic N) is 1. The summed E-state index contributed by atoms with van der Waals surface area (Å²) in [5.74, 6) is -0.325. The summed E-state index contributed by atoms with van der Waals surface area (Å²) in [6.07, 6.45) is 0.179. The molecule has 0 radical (unpaired) electrons. The molecule has 0 aliphatic carbocycles. The van der Waals surface area contributed by atoms with Gasteiger partial charge in [-0.2, -0.15) is 0 Å². The smallest absolute Gasteiger partial charge is 0.256 e.